The molecular formula is C8H7N3O. The lowest BCUT2D eigenvalue weighted by Crippen LogP contribution is -2.06. The third-order valence-electron chi connectivity index (χ3n) is 1.07. The summed E-state index contributed by atoms with van der Waals surface area (Å²) in [5.41, 5.74) is 6.03. The Morgan fingerprint density at radius 1 is 1.58 bits per heavy atom. The highest BCUT2D eigenvalue weighted by atomic mass is 16.1. The van der Waals surface area contributed by atoms with Gasteiger partial charge in [0.2, 0.25) is 0 Å². The molecule has 1 amide bonds. The number of aryl methyl sites for hydroxylation is 1. The summed E-state index contributed by atoms with van der Waals surface area (Å²) in [6.07, 6.45) is 3.08. The van der Waals surface area contributed by atoms with Crippen LogP contribution in [0, 0.1) is 18.8 Å². The monoisotopic (exact) mass is 161 g/mol. The highest BCUT2D eigenvalue weighted by molar-refractivity contribution is 5.92. The summed E-state index contributed by atoms with van der Waals surface area (Å²) in [7, 11) is 0. The van der Waals surface area contributed by atoms with Gasteiger partial charge in [0.05, 0.1) is 11.9 Å². The number of amides is 1. The zero-order valence-electron chi connectivity index (χ0n) is 6.53. The van der Waals surface area contributed by atoms with Crippen LogP contribution in [0.5, 0.6) is 0 Å². The van der Waals surface area contributed by atoms with Gasteiger partial charge in [0, 0.05) is 12.1 Å². The fraction of sp³-hybridized carbons (Fsp3) is 0.125. The minimum absolute atomic E-state index is 0.453. The van der Waals surface area contributed by atoms with Crippen molar-refractivity contribution in [3.8, 4) is 11.8 Å². The number of nitrogens with zero attached hydrogens (tertiary/aromatic N) is 2. The van der Waals surface area contributed by atoms with E-state index in [0.717, 1.165) is 5.69 Å². The molecule has 0 bridgehead atoms. The number of carbonyl (C=O) groups excluding carboxylic acids is 1. The molecule has 1 heterocycles. The SMILES string of the molecule is Cc1cncc(C#CC(N)=O)n1. The lowest BCUT2D eigenvalue weighted by molar-refractivity contribution is -0.112. The summed E-state index contributed by atoms with van der Waals surface area (Å²) in [5.74, 6) is 3.99. The topological polar surface area (TPSA) is 68.9 Å². The molecule has 0 radical (unpaired) electrons. The Balaban J connectivity index is 2.92. The second-order valence-electron chi connectivity index (χ2n) is 2.16. The van der Waals surface area contributed by atoms with Crippen molar-refractivity contribution in [2.45, 2.75) is 6.92 Å². The quantitative estimate of drug-likeness (QED) is 0.527. The third kappa shape index (κ3) is 2.39. The molecule has 1 aromatic heterocycles. The molecule has 12 heavy (non-hydrogen) atoms. The van der Waals surface area contributed by atoms with E-state index in [9.17, 15) is 4.79 Å². The molecule has 0 unspecified atom stereocenters. The number of hydrogen-bond acceptors (Lipinski definition) is 3. The average Bonchev–Trinajstić information content (AvgIpc) is 2.01. The molecule has 0 aliphatic rings. The van der Waals surface area contributed by atoms with Crippen LogP contribution in [0.2, 0.25) is 0 Å². The molecular weight excluding hydrogens is 154 g/mol. The lowest BCUT2D eigenvalue weighted by atomic mass is 10.4. The van der Waals surface area contributed by atoms with Gasteiger partial charge in [-0.05, 0) is 12.8 Å². The Kier molecular flexibility index (Phi) is 2.38. The molecule has 0 aliphatic carbocycles. The van der Waals surface area contributed by atoms with Gasteiger partial charge >= 0.3 is 0 Å². The zero-order chi connectivity index (χ0) is 8.97. The van der Waals surface area contributed by atoms with Crippen LogP contribution in [-0.4, -0.2) is 15.9 Å². The Labute approximate surface area is 69.8 Å². The Morgan fingerprint density at radius 2 is 2.33 bits per heavy atom. The predicted octanol–water partition coefficient (Wildman–Crippen LogP) is -0.378. The first-order chi connectivity index (χ1) is 5.68. The van der Waals surface area contributed by atoms with Gasteiger partial charge in [-0.1, -0.05) is 0 Å². The summed E-state index contributed by atoms with van der Waals surface area (Å²) in [6, 6.07) is 0. The van der Waals surface area contributed by atoms with Crippen LogP contribution in [-0.2, 0) is 4.79 Å². The molecule has 0 fully saturated rings. The summed E-state index contributed by atoms with van der Waals surface area (Å²) >= 11 is 0. The minimum atomic E-state index is -0.668. The first-order valence-corrected chi connectivity index (χ1v) is 3.28. The van der Waals surface area contributed by atoms with Crippen LogP contribution in [0.3, 0.4) is 0 Å². The van der Waals surface area contributed by atoms with Crippen molar-refractivity contribution in [3.05, 3.63) is 23.8 Å². The molecule has 0 atom stereocenters. The molecule has 1 aromatic rings. The fourth-order valence-corrected chi connectivity index (χ4v) is 0.649. The summed E-state index contributed by atoms with van der Waals surface area (Å²) in [4.78, 5) is 18.1. The van der Waals surface area contributed by atoms with Gasteiger partial charge in [0.1, 0.15) is 5.69 Å². The fourth-order valence-electron chi connectivity index (χ4n) is 0.649. The van der Waals surface area contributed by atoms with E-state index in [-0.39, 0.29) is 0 Å². The maximum atomic E-state index is 10.3. The van der Waals surface area contributed by atoms with Crippen molar-refractivity contribution in [1.29, 1.82) is 0 Å². The normalized spacial score (nSPS) is 8.42. The molecule has 4 nitrogen and oxygen atoms in total. The van der Waals surface area contributed by atoms with Crippen molar-refractivity contribution in [2.24, 2.45) is 5.73 Å². The summed E-state index contributed by atoms with van der Waals surface area (Å²) in [6.45, 7) is 1.79. The number of rotatable bonds is 0. The van der Waals surface area contributed by atoms with E-state index < -0.39 is 5.91 Å². The van der Waals surface area contributed by atoms with Crippen molar-refractivity contribution in [2.75, 3.05) is 0 Å². The molecule has 2 N–H and O–H groups in total. The van der Waals surface area contributed by atoms with Crippen molar-refractivity contribution in [1.82, 2.24) is 9.97 Å². The minimum Gasteiger partial charge on any atom is -0.359 e. The van der Waals surface area contributed by atoms with Gasteiger partial charge in [0.15, 0.2) is 0 Å². The van der Waals surface area contributed by atoms with Crippen LogP contribution in [0.25, 0.3) is 0 Å². The van der Waals surface area contributed by atoms with E-state index in [1.165, 1.54) is 6.20 Å². The number of nitrogens with two attached hydrogens (primary N) is 1. The van der Waals surface area contributed by atoms with Crippen LogP contribution < -0.4 is 5.73 Å². The highest BCUT2D eigenvalue weighted by Gasteiger charge is 1.89. The molecule has 4 heteroatoms. The molecule has 60 valence electrons. The predicted molar refractivity (Wildman–Crippen MR) is 42.8 cm³/mol. The Hall–Kier alpha value is -1.89. The van der Waals surface area contributed by atoms with Crippen LogP contribution in [0.1, 0.15) is 11.4 Å². The van der Waals surface area contributed by atoms with Crippen LogP contribution in [0.4, 0.5) is 0 Å². The van der Waals surface area contributed by atoms with Crippen molar-refractivity contribution >= 4 is 5.91 Å². The van der Waals surface area contributed by atoms with Gasteiger partial charge in [0.25, 0.3) is 5.91 Å². The Bertz CT molecular complexity index is 362. The molecule has 0 saturated carbocycles. The lowest BCUT2D eigenvalue weighted by Gasteiger charge is -1.89. The first-order valence-electron chi connectivity index (χ1n) is 3.28. The zero-order valence-corrected chi connectivity index (χ0v) is 6.53. The van der Waals surface area contributed by atoms with Gasteiger partial charge in [-0.25, -0.2) is 4.98 Å². The number of primary amides is 1. The number of carbonyl (C=O) groups is 1. The molecule has 0 spiro atoms. The Morgan fingerprint density at radius 3 is 2.92 bits per heavy atom. The van der Waals surface area contributed by atoms with Gasteiger partial charge in [-0.3, -0.25) is 9.78 Å². The smallest absolute Gasteiger partial charge is 0.293 e. The van der Waals surface area contributed by atoms with E-state index in [2.05, 4.69) is 21.8 Å². The van der Waals surface area contributed by atoms with E-state index in [0.29, 0.717) is 5.69 Å². The number of aromatic nitrogens is 2. The molecule has 0 saturated heterocycles. The molecule has 1 rings (SSSR count). The molecule has 0 aromatic carbocycles. The molecule has 0 aliphatic heterocycles. The van der Waals surface area contributed by atoms with E-state index in [1.54, 1.807) is 13.1 Å². The third-order valence-corrected chi connectivity index (χ3v) is 1.07. The van der Waals surface area contributed by atoms with E-state index >= 15 is 0 Å². The van der Waals surface area contributed by atoms with Gasteiger partial charge in [-0.2, -0.15) is 0 Å². The van der Waals surface area contributed by atoms with E-state index in [4.69, 9.17) is 5.73 Å². The van der Waals surface area contributed by atoms with Crippen molar-refractivity contribution < 1.29 is 4.79 Å². The van der Waals surface area contributed by atoms with Crippen molar-refractivity contribution in [3.63, 3.8) is 0 Å². The van der Waals surface area contributed by atoms with Crippen LogP contribution >= 0.6 is 0 Å². The highest BCUT2D eigenvalue weighted by Crippen LogP contribution is 1.91. The second kappa shape index (κ2) is 3.49. The number of hydrogen-bond donors (Lipinski definition) is 1. The standard InChI is InChI=1S/C8H7N3O/c1-6-4-10-5-7(11-6)2-3-8(9)12/h4-5H,1H3,(H2,9,12). The van der Waals surface area contributed by atoms with Gasteiger partial charge < -0.3 is 5.73 Å². The summed E-state index contributed by atoms with van der Waals surface area (Å²) < 4.78 is 0. The average molecular weight is 161 g/mol. The van der Waals surface area contributed by atoms with Gasteiger partial charge in [-0.15, -0.1) is 0 Å². The maximum absolute atomic E-state index is 10.3. The second-order valence-corrected chi connectivity index (χ2v) is 2.16. The summed E-state index contributed by atoms with van der Waals surface area (Å²) in [5, 5.41) is 0. The van der Waals surface area contributed by atoms with E-state index in [1.807, 2.05) is 0 Å². The largest absolute Gasteiger partial charge is 0.359 e. The van der Waals surface area contributed by atoms with Crippen LogP contribution in [0.15, 0.2) is 12.4 Å². The maximum Gasteiger partial charge on any atom is 0.293 e. The first kappa shape index (κ1) is 8.21.